The zero-order valence-corrected chi connectivity index (χ0v) is 10.6. The first-order valence-corrected chi connectivity index (χ1v) is 5.96. The first kappa shape index (κ1) is 12.1. The molecule has 1 aromatic rings. The third-order valence-electron chi connectivity index (χ3n) is 3.33. The van der Waals surface area contributed by atoms with Crippen LogP contribution in [0.4, 0.5) is 0 Å². The molecule has 1 amide bonds. The Balaban J connectivity index is 2.00. The number of amides is 1. The molecular weight excluding hydrogens is 218 g/mol. The Kier molecular flexibility index (Phi) is 3.47. The summed E-state index contributed by atoms with van der Waals surface area (Å²) in [5, 5.41) is 0. The molecule has 5 heteroatoms. The van der Waals surface area contributed by atoms with Gasteiger partial charge in [0.2, 0.25) is 6.41 Å². The Morgan fingerprint density at radius 2 is 2.24 bits per heavy atom. The maximum absolute atomic E-state index is 10.9. The summed E-state index contributed by atoms with van der Waals surface area (Å²) in [6.45, 7) is 8.50. The first-order chi connectivity index (χ1) is 8.10. The maximum Gasteiger partial charge on any atom is 0.210 e. The van der Waals surface area contributed by atoms with Gasteiger partial charge in [0.05, 0.1) is 5.69 Å². The number of piperazine rings is 1. The molecule has 0 unspecified atom stereocenters. The van der Waals surface area contributed by atoms with Gasteiger partial charge in [-0.2, -0.15) is 0 Å². The van der Waals surface area contributed by atoms with E-state index in [1.54, 1.807) is 6.26 Å². The molecule has 0 N–H and O–H groups in total. The van der Waals surface area contributed by atoms with Crippen molar-refractivity contribution < 1.29 is 9.21 Å². The van der Waals surface area contributed by atoms with E-state index in [9.17, 15) is 4.79 Å². The molecule has 1 fully saturated rings. The van der Waals surface area contributed by atoms with Gasteiger partial charge in [-0.1, -0.05) is 0 Å². The largest absolute Gasteiger partial charge is 0.449 e. The lowest BCUT2D eigenvalue weighted by molar-refractivity contribution is -0.123. The van der Waals surface area contributed by atoms with Crippen LogP contribution in [0.3, 0.4) is 0 Å². The molecule has 2 heterocycles. The second kappa shape index (κ2) is 4.87. The minimum atomic E-state index is 0.261. The van der Waals surface area contributed by atoms with Crippen LogP contribution in [-0.2, 0) is 11.3 Å². The van der Waals surface area contributed by atoms with Crippen LogP contribution in [0.25, 0.3) is 0 Å². The molecule has 1 aliphatic heterocycles. The molecule has 0 aliphatic carbocycles. The van der Waals surface area contributed by atoms with E-state index in [0.717, 1.165) is 31.7 Å². The van der Waals surface area contributed by atoms with Gasteiger partial charge < -0.3 is 9.32 Å². The number of aryl methyl sites for hydroxylation is 1. The van der Waals surface area contributed by atoms with E-state index in [2.05, 4.69) is 23.7 Å². The summed E-state index contributed by atoms with van der Waals surface area (Å²) < 4.78 is 5.21. The van der Waals surface area contributed by atoms with E-state index in [0.29, 0.717) is 11.9 Å². The molecule has 0 radical (unpaired) electrons. The molecule has 0 spiro atoms. The molecular formula is C12H19N3O2. The first-order valence-electron chi connectivity index (χ1n) is 5.96. The Hall–Kier alpha value is -1.36. The number of carbonyl (C=O) groups excluding carboxylic acids is 1. The van der Waals surface area contributed by atoms with Crippen LogP contribution in [0.1, 0.15) is 25.4 Å². The average Bonchev–Trinajstić information content (AvgIpc) is 2.69. The molecule has 2 atom stereocenters. The van der Waals surface area contributed by atoms with Gasteiger partial charge in [0.25, 0.3) is 0 Å². The summed E-state index contributed by atoms with van der Waals surface area (Å²) in [6.07, 6.45) is 2.65. The van der Waals surface area contributed by atoms with Crippen LogP contribution in [0, 0.1) is 6.92 Å². The third-order valence-corrected chi connectivity index (χ3v) is 3.33. The van der Waals surface area contributed by atoms with Crippen LogP contribution < -0.4 is 0 Å². The second-order valence-electron chi connectivity index (χ2n) is 4.79. The molecule has 0 saturated carbocycles. The molecule has 1 aliphatic rings. The average molecular weight is 237 g/mol. The molecule has 94 valence electrons. The predicted molar refractivity (Wildman–Crippen MR) is 63.3 cm³/mol. The monoisotopic (exact) mass is 237 g/mol. The summed E-state index contributed by atoms with van der Waals surface area (Å²) in [5.74, 6) is 0.701. The number of nitrogens with zero attached hydrogens (tertiary/aromatic N) is 3. The highest BCUT2D eigenvalue weighted by atomic mass is 16.3. The van der Waals surface area contributed by atoms with E-state index >= 15 is 0 Å². The van der Waals surface area contributed by atoms with Gasteiger partial charge in [-0.15, -0.1) is 0 Å². The van der Waals surface area contributed by atoms with E-state index < -0.39 is 0 Å². The lowest BCUT2D eigenvalue weighted by Crippen LogP contribution is -2.55. The van der Waals surface area contributed by atoms with Gasteiger partial charge in [0.15, 0.2) is 5.89 Å². The summed E-state index contributed by atoms with van der Waals surface area (Å²) in [5.41, 5.74) is 0.959. The van der Waals surface area contributed by atoms with Crippen molar-refractivity contribution in [2.45, 2.75) is 39.4 Å². The molecule has 17 heavy (non-hydrogen) atoms. The van der Waals surface area contributed by atoms with Crippen LogP contribution in [0.5, 0.6) is 0 Å². The van der Waals surface area contributed by atoms with Crippen molar-refractivity contribution in [3.05, 3.63) is 17.8 Å². The fourth-order valence-electron chi connectivity index (χ4n) is 2.28. The number of rotatable bonds is 3. The van der Waals surface area contributed by atoms with Crippen LogP contribution in [0.15, 0.2) is 10.7 Å². The van der Waals surface area contributed by atoms with Crippen molar-refractivity contribution >= 4 is 6.41 Å². The number of oxazole rings is 1. The predicted octanol–water partition coefficient (Wildman–Crippen LogP) is 1.03. The van der Waals surface area contributed by atoms with E-state index in [4.69, 9.17) is 4.42 Å². The lowest BCUT2D eigenvalue weighted by atomic mass is 10.1. The number of carbonyl (C=O) groups is 1. The van der Waals surface area contributed by atoms with Crippen LogP contribution in [-0.4, -0.2) is 46.4 Å². The molecule has 0 aromatic carbocycles. The summed E-state index contributed by atoms with van der Waals surface area (Å²) in [7, 11) is 0. The zero-order valence-electron chi connectivity index (χ0n) is 10.6. The Morgan fingerprint density at radius 3 is 2.82 bits per heavy atom. The molecule has 2 rings (SSSR count). The van der Waals surface area contributed by atoms with Gasteiger partial charge in [0, 0.05) is 38.6 Å². The van der Waals surface area contributed by atoms with Crippen molar-refractivity contribution in [2.24, 2.45) is 0 Å². The maximum atomic E-state index is 10.9. The fourth-order valence-corrected chi connectivity index (χ4v) is 2.28. The smallest absolute Gasteiger partial charge is 0.210 e. The quantitative estimate of drug-likeness (QED) is 0.737. The normalized spacial score (nSPS) is 26.2. The van der Waals surface area contributed by atoms with Gasteiger partial charge in [-0.3, -0.25) is 9.69 Å². The van der Waals surface area contributed by atoms with E-state index in [1.807, 2.05) is 11.8 Å². The highest BCUT2D eigenvalue weighted by molar-refractivity contribution is 5.48. The molecule has 0 bridgehead atoms. The van der Waals surface area contributed by atoms with Gasteiger partial charge >= 0.3 is 0 Å². The molecule has 1 aromatic heterocycles. The third kappa shape index (κ3) is 2.66. The standard InChI is InChI=1S/C12H19N3O2/c1-9-5-15(8-16)10(2)4-14(9)6-12-7-17-11(3)13-12/h7-10H,4-6H2,1-3H3/t9-,10+/m0/s1. The summed E-state index contributed by atoms with van der Waals surface area (Å²) in [4.78, 5) is 19.4. The topological polar surface area (TPSA) is 49.6 Å². The molecule has 1 saturated heterocycles. The Morgan fingerprint density at radius 1 is 1.47 bits per heavy atom. The number of hydrogen-bond donors (Lipinski definition) is 0. The van der Waals surface area contributed by atoms with Gasteiger partial charge in [-0.05, 0) is 13.8 Å². The minimum absolute atomic E-state index is 0.261. The van der Waals surface area contributed by atoms with Crippen LogP contribution in [0.2, 0.25) is 0 Å². The lowest BCUT2D eigenvalue weighted by Gasteiger charge is -2.42. The fraction of sp³-hybridized carbons (Fsp3) is 0.667. The minimum Gasteiger partial charge on any atom is -0.449 e. The van der Waals surface area contributed by atoms with Gasteiger partial charge in [0.1, 0.15) is 6.26 Å². The van der Waals surface area contributed by atoms with Crippen molar-refractivity contribution in [1.29, 1.82) is 0 Å². The summed E-state index contributed by atoms with van der Waals surface area (Å²) >= 11 is 0. The number of aromatic nitrogens is 1. The number of hydrogen-bond acceptors (Lipinski definition) is 4. The van der Waals surface area contributed by atoms with Gasteiger partial charge in [-0.25, -0.2) is 4.98 Å². The van der Waals surface area contributed by atoms with Crippen molar-refractivity contribution in [1.82, 2.24) is 14.8 Å². The van der Waals surface area contributed by atoms with Crippen LogP contribution >= 0.6 is 0 Å². The Bertz CT molecular complexity index is 391. The SMILES string of the molecule is Cc1nc(CN2C[C@@H](C)N(C=O)C[C@@H]2C)co1. The molecule has 5 nitrogen and oxygen atoms in total. The van der Waals surface area contributed by atoms with E-state index in [-0.39, 0.29) is 6.04 Å². The van der Waals surface area contributed by atoms with E-state index in [1.165, 1.54) is 0 Å². The zero-order chi connectivity index (χ0) is 12.4. The summed E-state index contributed by atoms with van der Waals surface area (Å²) in [6, 6.07) is 0.616. The highest BCUT2D eigenvalue weighted by Crippen LogP contribution is 2.16. The highest BCUT2D eigenvalue weighted by Gasteiger charge is 2.28. The van der Waals surface area contributed by atoms with Crippen molar-refractivity contribution in [3.63, 3.8) is 0 Å². The second-order valence-corrected chi connectivity index (χ2v) is 4.79. The van der Waals surface area contributed by atoms with Crippen molar-refractivity contribution in [3.8, 4) is 0 Å². The van der Waals surface area contributed by atoms with Crippen molar-refractivity contribution in [2.75, 3.05) is 13.1 Å². The Labute approximate surface area is 101 Å².